The first-order valence-electron chi connectivity index (χ1n) is 4.88. The van der Waals surface area contributed by atoms with Crippen LogP contribution in [0.4, 0.5) is 0 Å². The van der Waals surface area contributed by atoms with Gasteiger partial charge in [0.25, 0.3) is 0 Å². The van der Waals surface area contributed by atoms with Crippen molar-refractivity contribution < 1.29 is 18.3 Å². The fraction of sp³-hybridized carbons (Fsp3) is 0.455. The van der Waals surface area contributed by atoms with E-state index in [1.165, 1.54) is 19.2 Å². The molecule has 0 atom stereocenters. The molecule has 17 heavy (non-hydrogen) atoms. The third kappa shape index (κ3) is 3.12. The Hall–Kier alpha value is -0.780. The summed E-state index contributed by atoms with van der Waals surface area (Å²) in [5.41, 5.74) is -0.751. The largest absolute Gasteiger partial charge is 0.494 e. The lowest BCUT2D eigenvalue weighted by atomic mass is 9.98. The highest BCUT2D eigenvalue weighted by molar-refractivity contribution is 7.90. The summed E-state index contributed by atoms with van der Waals surface area (Å²) >= 11 is 5.95. The molecule has 4 nitrogen and oxygen atoms in total. The number of halogens is 1. The maximum absolute atomic E-state index is 11.6. The minimum Gasteiger partial charge on any atom is -0.494 e. The molecule has 0 saturated heterocycles. The van der Waals surface area contributed by atoms with Crippen LogP contribution in [0.25, 0.3) is 0 Å². The number of aliphatic hydroxyl groups is 1. The molecule has 0 aliphatic carbocycles. The van der Waals surface area contributed by atoms with Gasteiger partial charge >= 0.3 is 0 Å². The molecule has 0 saturated carbocycles. The first kappa shape index (κ1) is 14.3. The highest BCUT2D eigenvalue weighted by Gasteiger charge is 2.24. The minimum absolute atomic E-state index is 0.0235. The summed E-state index contributed by atoms with van der Waals surface area (Å²) in [7, 11) is -2.12. The standard InChI is InChI=1S/C11H15ClO4S/c1-11(2,13)7-5-8(12)10(16-3)9(6-7)17(4,14)15/h5-6,13H,1-4H3. The Balaban J connectivity index is 3.63. The van der Waals surface area contributed by atoms with Crippen LogP contribution in [0.1, 0.15) is 19.4 Å². The molecular formula is C11H15ClO4S. The molecule has 1 aromatic carbocycles. The van der Waals surface area contributed by atoms with Crippen molar-refractivity contribution in [3.05, 3.63) is 22.7 Å². The summed E-state index contributed by atoms with van der Waals surface area (Å²) < 4.78 is 28.2. The van der Waals surface area contributed by atoms with Crippen LogP contribution in [0.2, 0.25) is 5.02 Å². The van der Waals surface area contributed by atoms with E-state index in [2.05, 4.69) is 0 Å². The Labute approximate surface area is 106 Å². The normalized spacial score (nSPS) is 12.6. The van der Waals surface area contributed by atoms with Crippen LogP contribution in [0, 0.1) is 0 Å². The van der Waals surface area contributed by atoms with Gasteiger partial charge in [0.15, 0.2) is 15.6 Å². The predicted molar refractivity (Wildman–Crippen MR) is 66.4 cm³/mol. The summed E-state index contributed by atoms with van der Waals surface area (Å²) in [5, 5.41) is 10.0. The van der Waals surface area contributed by atoms with E-state index < -0.39 is 15.4 Å². The molecule has 0 aliphatic heterocycles. The van der Waals surface area contributed by atoms with E-state index in [4.69, 9.17) is 16.3 Å². The average Bonchev–Trinajstić information content (AvgIpc) is 2.13. The van der Waals surface area contributed by atoms with Gasteiger partial charge < -0.3 is 9.84 Å². The van der Waals surface area contributed by atoms with Crippen molar-refractivity contribution in [1.29, 1.82) is 0 Å². The molecule has 0 amide bonds. The van der Waals surface area contributed by atoms with Gasteiger partial charge in [-0.25, -0.2) is 8.42 Å². The molecule has 0 aromatic heterocycles. The molecule has 0 fully saturated rings. The van der Waals surface area contributed by atoms with Gasteiger partial charge in [0.05, 0.1) is 17.7 Å². The van der Waals surface area contributed by atoms with Crippen LogP contribution in [-0.2, 0) is 15.4 Å². The molecule has 96 valence electrons. The molecular weight excluding hydrogens is 264 g/mol. The summed E-state index contributed by atoms with van der Waals surface area (Å²) in [6, 6.07) is 2.87. The number of rotatable bonds is 3. The fourth-order valence-corrected chi connectivity index (χ4v) is 2.62. The van der Waals surface area contributed by atoms with Crippen LogP contribution >= 0.6 is 11.6 Å². The molecule has 0 heterocycles. The van der Waals surface area contributed by atoms with Gasteiger partial charge in [0.1, 0.15) is 4.90 Å². The number of hydrogen-bond donors (Lipinski definition) is 1. The average molecular weight is 279 g/mol. The third-order valence-corrected chi connectivity index (χ3v) is 3.70. The van der Waals surface area contributed by atoms with Crippen LogP contribution in [0.3, 0.4) is 0 Å². The molecule has 0 spiro atoms. The molecule has 0 bridgehead atoms. The monoisotopic (exact) mass is 278 g/mol. The van der Waals surface area contributed by atoms with Gasteiger partial charge in [0.2, 0.25) is 0 Å². The van der Waals surface area contributed by atoms with E-state index >= 15 is 0 Å². The molecule has 0 aliphatic rings. The van der Waals surface area contributed by atoms with Gasteiger partial charge in [0, 0.05) is 6.26 Å². The quantitative estimate of drug-likeness (QED) is 0.918. The number of benzene rings is 1. The number of methoxy groups -OCH3 is 1. The van der Waals surface area contributed by atoms with Gasteiger partial charge in [-0.2, -0.15) is 0 Å². The second-order valence-corrected chi connectivity index (χ2v) is 6.71. The number of sulfone groups is 1. The van der Waals surface area contributed by atoms with Crippen molar-refractivity contribution in [2.24, 2.45) is 0 Å². The minimum atomic E-state index is -3.47. The second-order valence-electron chi connectivity index (χ2n) is 4.32. The van der Waals surface area contributed by atoms with Crippen LogP contribution in [-0.4, -0.2) is 26.9 Å². The molecule has 1 rings (SSSR count). The van der Waals surface area contributed by atoms with Crippen molar-refractivity contribution in [3.8, 4) is 5.75 Å². The second kappa shape index (κ2) is 4.48. The summed E-state index contributed by atoms with van der Waals surface area (Å²) in [6.07, 6.45) is 1.06. The summed E-state index contributed by atoms with van der Waals surface area (Å²) in [4.78, 5) is -0.0235. The zero-order valence-electron chi connectivity index (χ0n) is 10.1. The number of hydrogen-bond acceptors (Lipinski definition) is 4. The molecule has 6 heteroatoms. The Morgan fingerprint density at radius 1 is 1.35 bits per heavy atom. The van der Waals surface area contributed by atoms with Gasteiger partial charge in [-0.05, 0) is 31.5 Å². The SMILES string of the molecule is COc1c(Cl)cc(C(C)(C)O)cc1S(C)(=O)=O. The maximum Gasteiger partial charge on any atom is 0.179 e. The van der Waals surface area contributed by atoms with E-state index in [9.17, 15) is 13.5 Å². The molecule has 1 N–H and O–H groups in total. The van der Waals surface area contributed by atoms with Gasteiger partial charge in [-0.3, -0.25) is 0 Å². The molecule has 0 unspecified atom stereocenters. The summed E-state index contributed by atoms with van der Waals surface area (Å²) in [5.74, 6) is 0.0992. The Bertz CT molecular complexity index is 529. The van der Waals surface area contributed by atoms with E-state index in [1.54, 1.807) is 13.8 Å². The van der Waals surface area contributed by atoms with E-state index in [0.717, 1.165) is 6.26 Å². The highest BCUT2D eigenvalue weighted by atomic mass is 35.5. The lowest BCUT2D eigenvalue weighted by molar-refractivity contribution is 0.0783. The zero-order valence-corrected chi connectivity index (χ0v) is 11.7. The Kier molecular flexibility index (Phi) is 3.76. The van der Waals surface area contributed by atoms with Crippen molar-refractivity contribution >= 4 is 21.4 Å². The van der Waals surface area contributed by atoms with E-state index in [1.807, 2.05) is 0 Å². The Morgan fingerprint density at radius 2 is 1.88 bits per heavy atom. The molecule has 0 radical (unpaired) electrons. The number of ether oxygens (including phenoxy) is 1. The third-order valence-electron chi connectivity index (χ3n) is 2.32. The molecule has 1 aromatic rings. The van der Waals surface area contributed by atoms with Crippen LogP contribution in [0.5, 0.6) is 5.75 Å². The van der Waals surface area contributed by atoms with Gasteiger partial charge in [-0.1, -0.05) is 11.6 Å². The van der Waals surface area contributed by atoms with E-state index in [0.29, 0.717) is 5.56 Å². The highest BCUT2D eigenvalue weighted by Crippen LogP contribution is 2.36. The first-order valence-corrected chi connectivity index (χ1v) is 7.14. The predicted octanol–water partition coefficient (Wildman–Crippen LogP) is 1.98. The van der Waals surface area contributed by atoms with Crippen LogP contribution in [0.15, 0.2) is 17.0 Å². The van der Waals surface area contributed by atoms with Gasteiger partial charge in [-0.15, -0.1) is 0 Å². The van der Waals surface area contributed by atoms with Crippen molar-refractivity contribution in [3.63, 3.8) is 0 Å². The van der Waals surface area contributed by atoms with Crippen molar-refractivity contribution in [1.82, 2.24) is 0 Å². The first-order chi connectivity index (χ1) is 7.57. The van der Waals surface area contributed by atoms with E-state index in [-0.39, 0.29) is 15.7 Å². The Morgan fingerprint density at radius 3 is 2.24 bits per heavy atom. The fourth-order valence-electron chi connectivity index (χ4n) is 1.39. The lowest BCUT2D eigenvalue weighted by Gasteiger charge is -2.20. The zero-order chi connectivity index (χ0) is 13.4. The topological polar surface area (TPSA) is 63.6 Å². The van der Waals surface area contributed by atoms with Crippen molar-refractivity contribution in [2.75, 3.05) is 13.4 Å². The summed E-state index contributed by atoms with van der Waals surface area (Å²) in [6.45, 7) is 3.11. The smallest absolute Gasteiger partial charge is 0.179 e. The maximum atomic E-state index is 11.6. The van der Waals surface area contributed by atoms with Crippen LogP contribution < -0.4 is 4.74 Å². The lowest BCUT2D eigenvalue weighted by Crippen LogP contribution is -2.16. The van der Waals surface area contributed by atoms with Crippen molar-refractivity contribution in [2.45, 2.75) is 24.3 Å².